The molecule has 8 heteroatoms. The number of benzene rings is 2. The summed E-state index contributed by atoms with van der Waals surface area (Å²) in [6.07, 6.45) is 4.68. The van der Waals surface area contributed by atoms with E-state index in [2.05, 4.69) is 4.90 Å². The number of hydrogen-bond acceptors (Lipinski definition) is 3. The topological polar surface area (TPSA) is 71.6 Å². The molecule has 0 spiro atoms. The van der Waals surface area contributed by atoms with Crippen LogP contribution >= 0.6 is 11.6 Å². The highest BCUT2D eigenvalue weighted by Crippen LogP contribution is 2.36. The lowest BCUT2D eigenvalue weighted by Crippen LogP contribution is -2.38. The molecule has 2 aliphatic heterocycles. The molecule has 190 valence electrons. The molecule has 2 aliphatic rings. The van der Waals surface area contributed by atoms with Gasteiger partial charge in [-0.3, -0.25) is 14.5 Å². The SMILES string of the molecule is NC(=O)Cn1c(C(=O)N2CCCCC2)c(CN2CCC(c3c(F)cccc3Cl)CC2)c2ccccc21. The summed E-state index contributed by atoms with van der Waals surface area (Å²) in [5.74, 6) is -0.682. The number of amides is 2. The fourth-order valence-corrected chi connectivity index (χ4v) is 6.17. The second kappa shape index (κ2) is 10.6. The minimum Gasteiger partial charge on any atom is -0.368 e. The average Bonchev–Trinajstić information content (AvgIpc) is 3.17. The standard InChI is InChI=1S/C28H32ClFN4O2/c29-22-8-6-9-23(30)26(22)19-11-15-32(16-12-19)17-21-20-7-2-3-10-24(20)34(18-25(31)35)27(21)28(36)33-13-4-1-5-14-33/h2-3,6-10,19H,1,4-5,11-18H2,(H2,31,35). The molecule has 2 fully saturated rings. The van der Waals surface area contributed by atoms with Crippen LogP contribution in [0.25, 0.3) is 10.9 Å². The van der Waals surface area contributed by atoms with Gasteiger partial charge in [0.05, 0.1) is 0 Å². The highest BCUT2D eigenvalue weighted by molar-refractivity contribution is 6.31. The maximum absolute atomic E-state index is 14.5. The zero-order valence-corrected chi connectivity index (χ0v) is 21.1. The molecule has 0 aliphatic carbocycles. The van der Waals surface area contributed by atoms with E-state index in [1.54, 1.807) is 16.7 Å². The second-order valence-corrected chi connectivity index (χ2v) is 10.3. The van der Waals surface area contributed by atoms with E-state index in [0.29, 0.717) is 22.8 Å². The van der Waals surface area contributed by atoms with E-state index in [1.165, 1.54) is 6.07 Å². The maximum Gasteiger partial charge on any atom is 0.270 e. The molecule has 36 heavy (non-hydrogen) atoms. The Morgan fingerprint density at radius 1 is 0.972 bits per heavy atom. The summed E-state index contributed by atoms with van der Waals surface area (Å²) in [6.45, 7) is 3.53. The minimum atomic E-state index is -0.474. The van der Waals surface area contributed by atoms with Crippen LogP contribution in [0.2, 0.25) is 5.02 Å². The van der Waals surface area contributed by atoms with Gasteiger partial charge in [-0.2, -0.15) is 0 Å². The number of nitrogens with two attached hydrogens (primary N) is 1. The van der Waals surface area contributed by atoms with Crippen molar-refractivity contribution < 1.29 is 14.0 Å². The van der Waals surface area contributed by atoms with Gasteiger partial charge in [0.15, 0.2) is 0 Å². The third kappa shape index (κ3) is 4.87. The molecule has 3 heterocycles. The lowest BCUT2D eigenvalue weighted by molar-refractivity contribution is -0.118. The first kappa shape index (κ1) is 24.8. The van der Waals surface area contributed by atoms with Crippen molar-refractivity contribution in [1.29, 1.82) is 0 Å². The van der Waals surface area contributed by atoms with Gasteiger partial charge in [0.25, 0.3) is 5.91 Å². The summed E-state index contributed by atoms with van der Waals surface area (Å²) in [5.41, 5.74) is 8.57. The van der Waals surface area contributed by atoms with Crippen LogP contribution in [-0.4, -0.2) is 52.4 Å². The quantitative estimate of drug-likeness (QED) is 0.511. The van der Waals surface area contributed by atoms with Gasteiger partial charge in [-0.15, -0.1) is 0 Å². The Bertz CT molecular complexity index is 1260. The number of rotatable bonds is 6. The van der Waals surface area contributed by atoms with Gasteiger partial charge in [0.1, 0.15) is 18.1 Å². The maximum atomic E-state index is 14.5. The lowest BCUT2D eigenvalue weighted by Gasteiger charge is -2.33. The van der Waals surface area contributed by atoms with Crippen LogP contribution < -0.4 is 5.73 Å². The summed E-state index contributed by atoms with van der Waals surface area (Å²) in [6, 6.07) is 12.7. The van der Waals surface area contributed by atoms with Gasteiger partial charge >= 0.3 is 0 Å². The normalized spacial score (nSPS) is 17.6. The summed E-state index contributed by atoms with van der Waals surface area (Å²) in [7, 11) is 0. The molecule has 0 radical (unpaired) electrons. The van der Waals surface area contributed by atoms with Crippen molar-refractivity contribution in [2.24, 2.45) is 5.73 Å². The molecule has 0 unspecified atom stereocenters. The van der Waals surface area contributed by atoms with Crippen LogP contribution in [0.5, 0.6) is 0 Å². The molecule has 1 aromatic heterocycles. The monoisotopic (exact) mass is 510 g/mol. The number of primary amides is 1. The molecule has 2 amide bonds. The number of carbonyl (C=O) groups excluding carboxylic acids is 2. The molecular formula is C28H32ClFN4O2. The number of hydrogen-bond donors (Lipinski definition) is 1. The molecule has 2 saturated heterocycles. The van der Waals surface area contributed by atoms with Gasteiger partial charge in [-0.25, -0.2) is 4.39 Å². The minimum absolute atomic E-state index is 0.0322. The van der Waals surface area contributed by atoms with Crippen molar-refractivity contribution in [2.45, 2.75) is 51.1 Å². The van der Waals surface area contributed by atoms with Crippen LogP contribution in [0.1, 0.15) is 59.6 Å². The number of para-hydroxylation sites is 1. The lowest BCUT2D eigenvalue weighted by atomic mass is 9.88. The zero-order valence-electron chi connectivity index (χ0n) is 20.4. The van der Waals surface area contributed by atoms with Crippen LogP contribution in [0.3, 0.4) is 0 Å². The summed E-state index contributed by atoms with van der Waals surface area (Å²) in [5, 5.41) is 1.45. The van der Waals surface area contributed by atoms with Crippen LogP contribution in [-0.2, 0) is 17.9 Å². The molecule has 2 N–H and O–H groups in total. The molecule has 0 bridgehead atoms. The van der Waals surface area contributed by atoms with Crippen molar-refractivity contribution in [3.8, 4) is 0 Å². The number of piperidine rings is 2. The Hall–Kier alpha value is -2.90. The van der Waals surface area contributed by atoms with E-state index in [9.17, 15) is 14.0 Å². The number of nitrogens with zero attached hydrogens (tertiary/aromatic N) is 3. The summed E-state index contributed by atoms with van der Waals surface area (Å²) < 4.78 is 16.3. The molecular weight excluding hydrogens is 479 g/mol. The van der Waals surface area contributed by atoms with Crippen molar-refractivity contribution in [3.63, 3.8) is 0 Å². The van der Waals surface area contributed by atoms with E-state index >= 15 is 0 Å². The van der Waals surface area contributed by atoms with Crippen LogP contribution in [0.15, 0.2) is 42.5 Å². The van der Waals surface area contributed by atoms with E-state index < -0.39 is 5.91 Å². The number of aromatic nitrogens is 1. The van der Waals surface area contributed by atoms with Crippen LogP contribution in [0.4, 0.5) is 4.39 Å². The second-order valence-electron chi connectivity index (χ2n) is 9.94. The fourth-order valence-electron chi connectivity index (χ4n) is 5.85. The first-order chi connectivity index (χ1) is 17.4. The Morgan fingerprint density at radius 2 is 1.69 bits per heavy atom. The van der Waals surface area contributed by atoms with Crippen LogP contribution in [0, 0.1) is 5.82 Å². The van der Waals surface area contributed by atoms with Crippen molar-refractivity contribution in [1.82, 2.24) is 14.4 Å². The zero-order chi connectivity index (χ0) is 25.2. The van der Waals surface area contributed by atoms with Gasteiger partial charge < -0.3 is 15.2 Å². The Labute approximate surface area is 215 Å². The molecule has 2 aromatic carbocycles. The largest absolute Gasteiger partial charge is 0.368 e. The highest BCUT2D eigenvalue weighted by Gasteiger charge is 2.31. The van der Waals surface area contributed by atoms with Crippen molar-refractivity contribution >= 4 is 34.3 Å². The summed E-state index contributed by atoms with van der Waals surface area (Å²) >= 11 is 6.33. The van der Waals surface area contributed by atoms with Gasteiger partial charge in [-0.05, 0) is 69.3 Å². The molecule has 5 rings (SSSR count). The van der Waals surface area contributed by atoms with E-state index in [4.69, 9.17) is 17.3 Å². The van der Waals surface area contributed by atoms with Gasteiger partial charge in [0, 0.05) is 46.7 Å². The number of halogens is 2. The number of likely N-dealkylation sites (tertiary alicyclic amines) is 2. The molecule has 0 saturated carbocycles. The highest BCUT2D eigenvalue weighted by atomic mass is 35.5. The predicted molar refractivity (Wildman–Crippen MR) is 140 cm³/mol. The first-order valence-corrected chi connectivity index (χ1v) is 13.2. The third-order valence-corrected chi connectivity index (χ3v) is 7.94. The predicted octanol–water partition coefficient (Wildman–Crippen LogP) is 4.92. The fraction of sp³-hybridized carbons (Fsp3) is 0.429. The first-order valence-electron chi connectivity index (χ1n) is 12.8. The van der Waals surface area contributed by atoms with Crippen molar-refractivity contribution in [2.75, 3.05) is 26.2 Å². The molecule has 6 nitrogen and oxygen atoms in total. The molecule has 0 atom stereocenters. The number of fused-ring (bicyclic) bond motifs is 1. The third-order valence-electron chi connectivity index (χ3n) is 7.61. The van der Waals surface area contributed by atoms with Crippen molar-refractivity contribution in [3.05, 3.63) is 70.1 Å². The molecule has 3 aromatic rings. The van der Waals surface area contributed by atoms with Gasteiger partial charge in [-0.1, -0.05) is 35.9 Å². The number of carbonyl (C=O) groups is 2. The Morgan fingerprint density at radius 3 is 2.39 bits per heavy atom. The van der Waals surface area contributed by atoms with E-state index in [1.807, 2.05) is 29.2 Å². The Balaban J connectivity index is 1.45. The summed E-state index contributed by atoms with van der Waals surface area (Å²) in [4.78, 5) is 30.1. The Kier molecular flexibility index (Phi) is 7.30. The average molecular weight is 511 g/mol. The van der Waals surface area contributed by atoms with E-state index in [-0.39, 0.29) is 24.2 Å². The van der Waals surface area contributed by atoms with E-state index in [0.717, 1.165) is 74.7 Å². The van der Waals surface area contributed by atoms with Gasteiger partial charge in [0.2, 0.25) is 5.91 Å². The smallest absolute Gasteiger partial charge is 0.270 e.